The van der Waals surface area contributed by atoms with Gasteiger partial charge < -0.3 is 4.57 Å². The maximum atomic E-state index is 12.4. The first kappa shape index (κ1) is 13.1. The molecule has 3 aromatic rings. The zero-order valence-electron chi connectivity index (χ0n) is 11.1. The Hall–Kier alpha value is -1.87. The summed E-state index contributed by atoms with van der Waals surface area (Å²) in [4.78, 5) is 12.4. The predicted molar refractivity (Wildman–Crippen MR) is 85.1 cm³/mol. The molecule has 2 aromatic carbocycles. The van der Waals surface area contributed by atoms with Crippen molar-refractivity contribution in [1.29, 1.82) is 0 Å². The molecule has 3 rings (SSSR count). The van der Waals surface area contributed by atoms with Crippen LogP contribution in [0.2, 0.25) is 0 Å². The highest BCUT2D eigenvalue weighted by Gasteiger charge is 2.11. The Morgan fingerprint density at radius 1 is 1.15 bits per heavy atom. The minimum absolute atomic E-state index is 0.107. The Balaban J connectivity index is 1.94. The van der Waals surface area contributed by atoms with Crippen LogP contribution in [-0.4, -0.2) is 10.4 Å². The van der Waals surface area contributed by atoms with Crippen LogP contribution in [0.4, 0.5) is 0 Å². The number of aromatic nitrogens is 1. The summed E-state index contributed by atoms with van der Waals surface area (Å²) in [5.74, 6) is 0.107. The summed E-state index contributed by atoms with van der Waals surface area (Å²) in [5, 5.41) is 1.17. The first-order valence-corrected chi connectivity index (χ1v) is 7.28. The molecule has 0 saturated heterocycles. The molecule has 0 aliphatic rings. The van der Waals surface area contributed by atoms with Gasteiger partial charge in [-0.3, -0.25) is 4.79 Å². The van der Waals surface area contributed by atoms with Crippen LogP contribution in [0.5, 0.6) is 0 Å². The minimum Gasteiger partial charge on any atom is -0.340 e. The Kier molecular flexibility index (Phi) is 3.45. The van der Waals surface area contributed by atoms with E-state index >= 15 is 0 Å². The van der Waals surface area contributed by atoms with E-state index in [2.05, 4.69) is 47.1 Å². The molecule has 0 spiro atoms. The van der Waals surface area contributed by atoms with E-state index in [1.165, 1.54) is 10.9 Å². The average Bonchev–Trinajstić information content (AvgIpc) is 2.81. The maximum absolute atomic E-state index is 12.4. The van der Waals surface area contributed by atoms with Gasteiger partial charge in [-0.15, -0.1) is 0 Å². The highest BCUT2D eigenvalue weighted by atomic mass is 79.9. The summed E-state index contributed by atoms with van der Waals surface area (Å²) in [6, 6.07) is 15.9. The second kappa shape index (κ2) is 5.25. The number of Topliss-reactive ketones (excluding diaryl/α,β-unsaturated/α-hetero) is 1. The summed E-state index contributed by atoms with van der Waals surface area (Å²) in [6.07, 6.45) is 1.97. The number of hydrogen-bond acceptors (Lipinski definition) is 1. The van der Waals surface area contributed by atoms with Gasteiger partial charge in [-0.2, -0.15) is 0 Å². The van der Waals surface area contributed by atoms with Gasteiger partial charge in [-0.25, -0.2) is 0 Å². The van der Waals surface area contributed by atoms with Crippen LogP contribution in [0.1, 0.15) is 15.9 Å². The fraction of sp³-hybridized carbons (Fsp3) is 0.118. The van der Waals surface area contributed by atoms with Crippen LogP contribution < -0.4 is 0 Å². The molecule has 0 N–H and O–H groups in total. The lowest BCUT2D eigenvalue weighted by molar-refractivity contribution is 0.0973. The quantitative estimate of drug-likeness (QED) is 0.644. The third-order valence-electron chi connectivity index (χ3n) is 3.41. The van der Waals surface area contributed by atoms with Gasteiger partial charge in [0.25, 0.3) is 0 Å². The number of aryl methyl sites for hydroxylation is 1. The number of ketones is 1. The highest BCUT2D eigenvalue weighted by Crippen LogP contribution is 2.20. The number of nitrogens with zero attached hydrogens (tertiary/aromatic N) is 1. The summed E-state index contributed by atoms with van der Waals surface area (Å²) in [7, 11) is 0. The Labute approximate surface area is 126 Å². The van der Waals surface area contributed by atoms with E-state index in [9.17, 15) is 4.79 Å². The minimum atomic E-state index is 0.107. The van der Waals surface area contributed by atoms with Crippen molar-refractivity contribution < 1.29 is 4.79 Å². The second-order valence-corrected chi connectivity index (χ2v) is 5.76. The summed E-state index contributed by atoms with van der Waals surface area (Å²) in [5.41, 5.74) is 3.05. The van der Waals surface area contributed by atoms with Crippen molar-refractivity contribution in [3.05, 3.63) is 70.3 Å². The molecule has 0 amide bonds. The van der Waals surface area contributed by atoms with Crippen LogP contribution in [0.3, 0.4) is 0 Å². The summed E-state index contributed by atoms with van der Waals surface area (Å²) >= 11 is 3.43. The van der Waals surface area contributed by atoms with Gasteiger partial charge in [0.15, 0.2) is 5.78 Å². The molecule has 0 aliphatic carbocycles. The van der Waals surface area contributed by atoms with Gasteiger partial charge in [0.2, 0.25) is 0 Å². The zero-order valence-corrected chi connectivity index (χ0v) is 12.7. The number of carbonyl (C=O) groups excluding carboxylic acids is 1. The summed E-state index contributed by atoms with van der Waals surface area (Å²) in [6.45, 7) is 2.43. The van der Waals surface area contributed by atoms with Gasteiger partial charge in [0.1, 0.15) is 0 Å². The Morgan fingerprint density at radius 3 is 2.75 bits per heavy atom. The standard InChI is InChI=1S/C17H14BrNO/c1-12-6-7-16-13(10-12)8-9-19(16)11-17(20)14-4-2-3-5-15(14)18/h2-10H,11H2,1H3. The molecule has 1 aromatic heterocycles. The average molecular weight is 328 g/mol. The van der Waals surface area contributed by atoms with Crippen LogP contribution in [-0.2, 0) is 6.54 Å². The van der Waals surface area contributed by atoms with Gasteiger partial charge in [0, 0.05) is 21.7 Å². The molecule has 2 nitrogen and oxygen atoms in total. The first-order chi connectivity index (χ1) is 9.65. The Morgan fingerprint density at radius 2 is 1.95 bits per heavy atom. The molecule has 0 atom stereocenters. The lowest BCUT2D eigenvalue weighted by atomic mass is 10.1. The van der Waals surface area contributed by atoms with E-state index in [-0.39, 0.29) is 5.78 Å². The maximum Gasteiger partial charge on any atom is 0.183 e. The van der Waals surface area contributed by atoms with Crippen molar-refractivity contribution in [2.24, 2.45) is 0 Å². The normalized spacial score (nSPS) is 10.9. The molecule has 0 aliphatic heterocycles. The Bertz CT molecular complexity index is 789. The molecule has 0 fully saturated rings. The second-order valence-electron chi connectivity index (χ2n) is 4.91. The third kappa shape index (κ3) is 2.41. The predicted octanol–water partition coefficient (Wildman–Crippen LogP) is 4.60. The fourth-order valence-electron chi connectivity index (χ4n) is 2.38. The SMILES string of the molecule is Cc1ccc2c(ccn2CC(=O)c2ccccc2Br)c1. The van der Waals surface area contributed by atoms with Gasteiger partial charge in [0.05, 0.1) is 6.54 Å². The zero-order chi connectivity index (χ0) is 14.1. The fourth-order valence-corrected chi connectivity index (χ4v) is 2.89. The van der Waals surface area contributed by atoms with Crippen LogP contribution in [0.15, 0.2) is 59.2 Å². The molecule has 0 radical (unpaired) electrons. The highest BCUT2D eigenvalue weighted by molar-refractivity contribution is 9.10. The van der Waals surface area contributed by atoms with Crippen molar-refractivity contribution in [2.45, 2.75) is 13.5 Å². The number of fused-ring (bicyclic) bond motifs is 1. The molecule has 0 saturated carbocycles. The van der Waals surface area contributed by atoms with E-state index in [4.69, 9.17) is 0 Å². The number of rotatable bonds is 3. The lowest BCUT2D eigenvalue weighted by Crippen LogP contribution is -2.10. The first-order valence-electron chi connectivity index (χ1n) is 6.48. The van der Waals surface area contributed by atoms with Gasteiger partial charge in [-0.1, -0.05) is 45.8 Å². The van der Waals surface area contributed by atoms with E-state index in [1.54, 1.807) is 0 Å². The van der Waals surface area contributed by atoms with Crippen molar-refractivity contribution in [2.75, 3.05) is 0 Å². The monoisotopic (exact) mass is 327 g/mol. The molecular weight excluding hydrogens is 314 g/mol. The number of halogens is 1. The molecule has 20 heavy (non-hydrogen) atoms. The topological polar surface area (TPSA) is 22.0 Å². The van der Waals surface area contributed by atoms with E-state index in [0.717, 1.165) is 15.6 Å². The lowest BCUT2D eigenvalue weighted by Gasteiger charge is -2.06. The van der Waals surface area contributed by atoms with Gasteiger partial charge in [-0.05, 0) is 36.6 Å². The van der Waals surface area contributed by atoms with Crippen molar-refractivity contribution in [3.8, 4) is 0 Å². The van der Waals surface area contributed by atoms with Crippen LogP contribution >= 0.6 is 15.9 Å². The van der Waals surface area contributed by atoms with Gasteiger partial charge >= 0.3 is 0 Å². The van der Waals surface area contributed by atoms with Crippen molar-refractivity contribution in [1.82, 2.24) is 4.57 Å². The smallest absolute Gasteiger partial charge is 0.183 e. The van der Waals surface area contributed by atoms with E-state index < -0.39 is 0 Å². The molecule has 0 bridgehead atoms. The molecule has 3 heteroatoms. The van der Waals surface area contributed by atoms with Crippen molar-refractivity contribution >= 4 is 32.6 Å². The number of hydrogen-bond donors (Lipinski definition) is 0. The largest absolute Gasteiger partial charge is 0.340 e. The van der Waals surface area contributed by atoms with Crippen LogP contribution in [0, 0.1) is 6.92 Å². The summed E-state index contributed by atoms with van der Waals surface area (Å²) < 4.78 is 2.84. The molecule has 0 unspecified atom stereocenters. The van der Waals surface area contributed by atoms with Crippen LogP contribution in [0.25, 0.3) is 10.9 Å². The third-order valence-corrected chi connectivity index (χ3v) is 4.11. The van der Waals surface area contributed by atoms with E-state index in [0.29, 0.717) is 6.54 Å². The molecular formula is C17H14BrNO. The molecule has 100 valence electrons. The molecule has 1 heterocycles. The van der Waals surface area contributed by atoms with Crippen molar-refractivity contribution in [3.63, 3.8) is 0 Å². The number of carbonyl (C=O) groups is 1. The number of benzene rings is 2. The van der Waals surface area contributed by atoms with E-state index in [1.807, 2.05) is 35.0 Å².